The molecule has 3 aromatic heterocycles. The summed E-state index contributed by atoms with van der Waals surface area (Å²) >= 11 is 0. The highest BCUT2D eigenvalue weighted by Gasteiger charge is 2.15. The molecule has 6 aromatic rings. The van der Waals surface area contributed by atoms with Crippen LogP contribution in [0.4, 0.5) is 0 Å². The molecule has 6 rings (SSSR count). The van der Waals surface area contributed by atoms with Gasteiger partial charge in [0.15, 0.2) is 0 Å². The Labute approximate surface area is 202 Å². The number of rotatable bonds is 7. The lowest BCUT2D eigenvalue weighted by Crippen LogP contribution is -2.06. The average molecular weight is 460 g/mol. The summed E-state index contributed by atoms with van der Waals surface area (Å²) in [4.78, 5) is 9.41. The van der Waals surface area contributed by atoms with Gasteiger partial charge in [-0.05, 0) is 45.8 Å². The van der Waals surface area contributed by atoms with E-state index in [1.807, 2.05) is 30.6 Å². The molecule has 7 heteroatoms. The molecule has 0 unspecified atom stereocenters. The van der Waals surface area contributed by atoms with Gasteiger partial charge >= 0.3 is 0 Å². The zero-order chi connectivity index (χ0) is 23.6. The van der Waals surface area contributed by atoms with Crippen molar-refractivity contribution in [3.63, 3.8) is 0 Å². The van der Waals surface area contributed by atoms with Gasteiger partial charge in [0.1, 0.15) is 5.82 Å². The molecule has 0 saturated carbocycles. The normalized spacial score (nSPS) is 11.5. The first-order valence-electron chi connectivity index (χ1n) is 12.0. The van der Waals surface area contributed by atoms with Gasteiger partial charge in [-0.3, -0.25) is 4.98 Å². The van der Waals surface area contributed by atoms with E-state index in [4.69, 9.17) is 4.98 Å². The van der Waals surface area contributed by atoms with Crippen molar-refractivity contribution in [1.29, 1.82) is 0 Å². The van der Waals surface area contributed by atoms with Crippen molar-refractivity contribution in [2.24, 2.45) is 0 Å². The average Bonchev–Trinajstić information content (AvgIpc) is 3.57. The molecule has 3 aromatic carbocycles. The van der Waals surface area contributed by atoms with Crippen LogP contribution in [0.3, 0.4) is 0 Å². The van der Waals surface area contributed by atoms with Gasteiger partial charge in [-0.1, -0.05) is 67.9 Å². The van der Waals surface area contributed by atoms with Crippen molar-refractivity contribution >= 4 is 21.8 Å². The van der Waals surface area contributed by atoms with E-state index in [2.05, 4.69) is 85.6 Å². The second-order valence-corrected chi connectivity index (χ2v) is 8.73. The minimum absolute atomic E-state index is 0.593. The summed E-state index contributed by atoms with van der Waals surface area (Å²) in [7, 11) is 0. The van der Waals surface area contributed by atoms with Crippen LogP contribution in [0, 0.1) is 0 Å². The van der Waals surface area contributed by atoms with E-state index in [-0.39, 0.29) is 0 Å². The summed E-state index contributed by atoms with van der Waals surface area (Å²) in [5.74, 6) is 1.72. The molecule has 0 fully saturated rings. The molecule has 0 spiro atoms. The van der Waals surface area contributed by atoms with Gasteiger partial charge in [0, 0.05) is 36.3 Å². The largest absolute Gasteiger partial charge is 0.323 e. The molecule has 0 aliphatic rings. The summed E-state index contributed by atoms with van der Waals surface area (Å²) in [5.41, 5.74) is 6.56. The first kappa shape index (κ1) is 21.2. The monoisotopic (exact) mass is 459 g/mol. The van der Waals surface area contributed by atoms with Crippen LogP contribution in [0.1, 0.15) is 31.2 Å². The topological polar surface area (TPSA) is 85.2 Å². The third-order valence-corrected chi connectivity index (χ3v) is 6.48. The lowest BCUT2D eigenvalue weighted by atomic mass is 9.98. The van der Waals surface area contributed by atoms with E-state index in [0.29, 0.717) is 5.82 Å². The SMILES string of the molecule is CCCCc1nc2ccc3ccncc3c2n1Cc1ccc(-c2ccccc2-c2nn[nH]n2)cc1. The van der Waals surface area contributed by atoms with Crippen molar-refractivity contribution in [2.75, 3.05) is 0 Å². The van der Waals surface area contributed by atoms with Crippen LogP contribution in [-0.4, -0.2) is 35.2 Å². The molecule has 0 aliphatic carbocycles. The Morgan fingerprint density at radius 1 is 0.914 bits per heavy atom. The molecule has 0 amide bonds. The predicted octanol–water partition coefficient (Wildman–Crippen LogP) is 5.82. The minimum atomic E-state index is 0.593. The maximum absolute atomic E-state index is 5.01. The predicted molar refractivity (Wildman–Crippen MR) is 138 cm³/mol. The fourth-order valence-electron chi connectivity index (χ4n) is 4.71. The lowest BCUT2D eigenvalue weighted by molar-refractivity contribution is 0.690. The molecule has 0 atom stereocenters. The third-order valence-electron chi connectivity index (χ3n) is 6.48. The molecule has 35 heavy (non-hydrogen) atoms. The molecule has 3 heterocycles. The molecule has 7 nitrogen and oxygen atoms in total. The number of tetrazole rings is 1. The highest BCUT2D eigenvalue weighted by atomic mass is 15.5. The molecule has 0 saturated heterocycles. The molecule has 0 bridgehead atoms. The number of H-pyrrole nitrogens is 1. The zero-order valence-electron chi connectivity index (χ0n) is 19.5. The summed E-state index contributed by atoms with van der Waals surface area (Å²) in [6.45, 7) is 2.98. The van der Waals surface area contributed by atoms with Crippen LogP contribution in [0.2, 0.25) is 0 Å². The number of imidazole rings is 1. The van der Waals surface area contributed by atoms with E-state index >= 15 is 0 Å². The summed E-state index contributed by atoms with van der Waals surface area (Å²) in [6, 6.07) is 23.2. The van der Waals surface area contributed by atoms with E-state index in [1.165, 1.54) is 10.9 Å². The molecule has 1 N–H and O–H groups in total. The van der Waals surface area contributed by atoms with E-state index in [1.54, 1.807) is 0 Å². The number of nitrogens with one attached hydrogen (secondary N) is 1. The number of aryl methyl sites for hydroxylation is 1. The summed E-state index contributed by atoms with van der Waals surface area (Å²) in [6.07, 6.45) is 7.02. The Hall–Kier alpha value is -4.39. The Balaban J connectivity index is 1.39. The highest BCUT2D eigenvalue weighted by molar-refractivity contribution is 6.04. The van der Waals surface area contributed by atoms with Gasteiger partial charge in [0.2, 0.25) is 5.82 Å². The van der Waals surface area contributed by atoms with Gasteiger partial charge in [0.25, 0.3) is 0 Å². The van der Waals surface area contributed by atoms with Crippen LogP contribution in [0.15, 0.2) is 79.1 Å². The number of hydrogen-bond donors (Lipinski definition) is 1. The highest BCUT2D eigenvalue weighted by Crippen LogP contribution is 2.31. The smallest absolute Gasteiger partial charge is 0.205 e. The lowest BCUT2D eigenvalue weighted by Gasteiger charge is -2.12. The van der Waals surface area contributed by atoms with Crippen LogP contribution in [-0.2, 0) is 13.0 Å². The maximum atomic E-state index is 5.01. The summed E-state index contributed by atoms with van der Waals surface area (Å²) in [5, 5.41) is 16.9. The zero-order valence-corrected chi connectivity index (χ0v) is 19.5. The fraction of sp³-hybridized carbons (Fsp3) is 0.179. The number of fused-ring (bicyclic) bond motifs is 3. The maximum Gasteiger partial charge on any atom is 0.205 e. The van der Waals surface area contributed by atoms with E-state index < -0.39 is 0 Å². The van der Waals surface area contributed by atoms with Crippen LogP contribution in [0.5, 0.6) is 0 Å². The van der Waals surface area contributed by atoms with Crippen LogP contribution in [0.25, 0.3) is 44.3 Å². The number of unbranched alkanes of at least 4 members (excludes halogenated alkanes) is 1. The number of pyridine rings is 1. The number of aromatic nitrogens is 7. The number of benzene rings is 3. The van der Waals surface area contributed by atoms with Gasteiger partial charge in [-0.2, -0.15) is 5.21 Å². The first-order valence-corrected chi connectivity index (χ1v) is 12.0. The van der Waals surface area contributed by atoms with Gasteiger partial charge in [0.05, 0.1) is 11.0 Å². The van der Waals surface area contributed by atoms with Crippen molar-refractivity contribution < 1.29 is 0 Å². The number of hydrogen-bond acceptors (Lipinski definition) is 5. The third kappa shape index (κ3) is 3.95. The Morgan fingerprint density at radius 2 is 1.77 bits per heavy atom. The molecular formula is C28H25N7. The summed E-state index contributed by atoms with van der Waals surface area (Å²) < 4.78 is 2.37. The Kier molecular flexibility index (Phi) is 5.50. The van der Waals surface area contributed by atoms with Crippen molar-refractivity contribution in [3.05, 3.63) is 90.5 Å². The number of nitrogens with zero attached hydrogens (tertiary/aromatic N) is 6. The Morgan fingerprint density at radius 3 is 2.57 bits per heavy atom. The quantitative estimate of drug-likeness (QED) is 0.325. The van der Waals surface area contributed by atoms with Crippen molar-refractivity contribution in [3.8, 4) is 22.5 Å². The van der Waals surface area contributed by atoms with Gasteiger partial charge < -0.3 is 4.57 Å². The van der Waals surface area contributed by atoms with Crippen molar-refractivity contribution in [1.82, 2.24) is 35.2 Å². The first-order chi connectivity index (χ1) is 17.3. The molecular weight excluding hydrogens is 434 g/mol. The van der Waals surface area contributed by atoms with Gasteiger partial charge in [-0.15, -0.1) is 10.2 Å². The standard InChI is InChI=1S/C28H25N7/c1-2-3-8-26-30-25-14-13-21-15-16-29-17-24(21)27(25)35(26)18-19-9-11-20(12-10-19)22-6-4-5-7-23(22)28-31-33-34-32-28/h4-7,9-17H,2-3,8,18H2,1H3,(H,31,32,33,34). The van der Waals surface area contributed by atoms with Gasteiger partial charge in [-0.25, -0.2) is 4.98 Å². The second-order valence-electron chi connectivity index (χ2n) is 8.73. The fourth-order valence-corrected chi connectivity index (χ4v) is 4.71. The van der Waals surface area contributed by atoms with Crippen LogP contribution < -0.4 is 0 Å². The number of aromatic amines is 1. The van der Waals surface area contributed by atoms with E-state index in [9.17, 15) is 0 Å². The van der Waals surface area contributed by atoms with E-state index in [0.717, 1.165) is 64.7 Å². The van der Waals surface area contributed by atoms with Crippen molar-refractivity contribution in [2.45, 2.75) is 32.7 Å². The minimum Gasteiger partial charge on any atom is -0.323 e. The van der Waals surface area contributed by atoms with Crippen LogP contribution >= 0.6 is 0 Å². The molecule has 0 radical (unpaired) electrons. The molecule has 172 valence electrons. The second kappa shape index (κ2) is 9.10. The molecule has 0 aliphatic heterocycles. The Bertz CT molecular complexity index is 1600.